The van der Waals surface area contributed by atoms with E-state index in [0.29, 0.717) is 30.8 Å². The summed E-state index contributed by atoms with van der Waals surface area (Å²) in [5.41, 5.74) is 4.51. The van der Waals surface area contributed by atoms with Crippen molar-refractivity contribution in [2.45, 2.75) is 6.92 Å². The molecule has 5 rings (SSSR count). The summed E-state index contributed by atoms with van der Waals surface area (Å²) in [5, 5.41) is 3.35. The Balaban J connectivity index is 1.55. The first-order chi connectivity index (χ1) is 16.1. The van der Waals surface area contributed by atoms with Crippen molar-refractivity contribution in [2.75, 3.05) is 55.6 Å². The van der Waals surface area contributed by atoms with Gasteiger partial charge in [0.15, 0.2) is 17.0 Å². The molecule has 2 aromatic heterocycles. The van der Waals surface area contributed by atoms with Gasteiger partial charge >= 0.3 is 0 Å². The molecule has 0 radical (unpaired) electrons. The quantitative estimate of drug-likeness (QED) is 0.460. The number of fused-ring (bicyclic) bond motifs is 1. The van der Waals surface area contributed by atoms with Crippen LogP contribution in [-0.4, -0.2) is 60.4 Å². The molecular weight excluding hydrogens is 418 g/mol. The summed E-state index contributed by atoms with van der Waals surface area (Å²) in [6.07, 6.45) is 0. The zero-order chi connectivity index (χ0) is 22.8. The number of imidazole rings is 1. The van der Waals surface area contributed by atoms with Gasteiger partial charge in [0.25, 0.3) is 0 Å². The Morgan fingerprint density at radius 1 is 1.06 bits per heavy atom. The van der Waals surface area contributed by atoms with Crippen LogP contribution in [0, 0.1) is 6.92 Å². The number of ether oxygens (including phenoxy) is 2. The van der Waals surface area contributed by atoms with Crippen LogP contribution in [0.5, 0.6) is 5.75 Å². The molecule has 170 valence electrons. The van der Waals surface area contributed by atoms with Gasteiger partial charge in [0.05, 0.1) is 20.3 Å². The summed E-state index contributed by atoms with van der Waals surface area (Å²) in [5.74, 6) is 2.81. The summed E-state index contributed by atoms with van der Waals surface area (Å²) in [6.45, 7) is 4.89. The Morgan fingerprint density at radius 3 is 2.58 bits per heavy atom. The monoisotopic (exact) mass is 445 g/mol. The van der Waals surface area contributed by atoms with Crippen LogP contribution in [0.1, 0.15) is 5.56 Å². The van der Waals surface area contributed by atoms with Gasteiger partial charge in [-0.3, -0.25) is 0 Å². The van der Waals surface area contributed by atoms with Gasteiger partial charge in [-0.25, -0.2) is 4.98 Å². The minimum absolute atomic E-state index is 0.583. The van der Waals surface area contributed by atoms with E-state index >= 15 is 0 Å². The van der Waals surface area contributed by atoms with Gasteiger partial charge in [-0.2, -0.15) is 9.97 Å². The maximum Gasteiger partial charge on any atom is 0.233 e. The van der Waals surface area contributed by atoms with Gasteiger partial charge < -0.3 is 29.6 Å². The molecule has 1 aliphatic rings. The van der Waals surface area contributed by atoms with Crippen molar-refractivity contribution >= 4 is 40.3 Å². The number of methoxy groups -OCH3 is 1. The molecule has 0 saturated carbocycles. The number of anilines is 5. The highest BCUT2D eigenvalue weighted by Crippen LogP contribution is 2.30. The third-order valence-corrected chi connectivity index (χ3v) is 5.67. The maximum atomic E-state index is 5.55. The predicted molar refractivity (Wildman–Crippen MR) is 130 cm³/mol. The number of aromatic nitrogens is 4. The highest BCUT2D eigenvalue weighted by atomic mass is 16.5. The number of hydrogen-bond acceptors (Lipinski definition) is 8. The van der Waals surface area contributed by atoms with Crippen LogP contribution in [-0.2, 0) is 4.74 Å². The molecule has 2 N–H and O–H groups in total. The van der Waals surface area contributed by atoms with Crippen molar-refractivity contribution in [1.82, 2.24) is 19.9 Å². The molecule has 9 nitrogen and oxygen atoms in total. The Hall–Kier alpha value is -3.85. The summed E-state index contributed by atoms with van der Waals surface area (Å²) in [6, 6.07) is 16.0. The molecule has 2 aromatic carbocycles. The van der Waals surface area contributed by atoms with E-state index in [1.165, 1.54) is 5.56 Å². The molecule has 0 atom stereocenters. The first-order valence-electron chi connectivity index (χ1n) is 10.9. The first-order valence-corrected chi connectivity index (χ1v) is 10.9. The van der Waals surface area contributed by atoms with Crippen LogP contribution < -0.4 is 19.9 Å². The molecule has 0 spiro atoms. The van der Waals surface area contributed by atoms with Gasteiger partial charge in [0, 0.05) is 31.5 Å². The van der Waals surface area contributed by atoms with E-state index in [0.717, 1.165) is 41.5 Å². The molecule has 0 aliphatic carbocycles. The van der Waals surface area contributed by atoms with Crippen molar-refractivity contribution in [2.24, 2.45) is 0 Å². The van der Waals surface area contributed by atoms with Gasteiger partial charge in [0.1, 0.15) is 5.75 Å². The SMILES string of the molecule is COc1ccc(N(C)c2nc(N3CCOCC3)c3nc(Nc4cccc(C)c4)[nH]c3n2)cc1. The fourth-order valence-electron chi connectivity index (χ4n) is 3.86. The standard InChI is InChI=1S/C24H27N7O2/c1-16-5-4-6-17(15-16)25-23-26-20-21(27-23)28-24(29-22(20)31-11-13-33-14-12-31)30(2)18-7-9-19(32-3)10-8-18/h4-10,15H,11-14H2,1-3H3,(H2,25,26,27,28,29). The van der Waals surface area contributed by atoms with Gasteiger partial charge in [0.2, 0.25) is 11.9 Å². The zero-order valence-corrected chi connectivity index (χ0v) is 19.0. The minimum Gasteiger partial charge on any atom is -0.497 e. The number of nitrogens with one attached hydrogen (secondary N) is 2. The van der Waals surface area contributed by atoms with E-state index in [2.05, 4.69) is 34.3 Å². The summed E-state index contributed by atoms with van der Waals surface area (Å²) < 4.78 is 10.8. The molecule has 1 aliphatic heterocycles. The Bertz CT molecular complexity index is 1250. The van der Waals surface area contributed by atoms with Crippen LogP contribution >= 0.6 is 0 Å². The van der Waals surface area contributed by atoms with Crippen LogP contribution in [0.4, 0.5) is 29.1 Å². The van der Waals surface area contributed by atoms with E-state index in [-0.39, 0.29) is 0 Å². The smallest absolute Gasteiger partial charge is 0.233 e. The number of benzene rings is 2. The molecule has 1 fully saturated rings. The summed E-state index contributed by atoms with van der Waals surface area (Å²) in [4.78, 5) is 22.0. The lowest BCUT2D eigenvalue weighted by atomic mass is 10.2. The molecule has 0 unspecified atom stereocenters. The highest BCUT2D eigenvalue weighted by molar-refractivity contribution is 5.87. The molecule has 33 heavy (non-hydrogen) atoms. The Labute approximate surface area is 192 Å². The summed E-state index contributed by atoms with van der Waals surface area (Å²) >= 11 is 0. The lowest BCUT2D eigenvalue weighted by Gasteiger charge is -2.28. The molecule has 0 amide bonds. The Morgan fingerprint density at radius 2 is 1.85 bits per heavy atom. The third-order valence-electron chi connectivity index (χ3n) is 5.67. The van der Waals surface area contributed by atoms with Crippen LogP contribution in [0.3, 0.4) is 0 Å². The van der Waals surface area contributed by atoms with E-state index in [9.17, 15) is 0 Å². The first kappa shape index (κ1) is 21.0. The largest absolute Gasteiger partial charge is 0.497 e. The number of rotatable bonds is 6. The molecule has 0 bridgehead atoms. The van der Waals surface area contributed by atoms with Crippen molar-refractivity contribution in [3.63, 3.8) is 0 Å². The van der Waals surface area contributed by atoms with Crippen LogP contribution in [0.25, 0.3) is 11.2 Å². The van der Waals surface area contributed by atoms with E-state index in [4.69, 9.17) is 24.4 Å². The second-order valence-electron chi connectivity index (χ2n) is 7.98. The Kier molecular flexibility index (Phi) is 5.70. The molecule has 4 aromatic rings. The second kappa shape index (κ2) is 8.95. The highest BCUT2D eigenvalue weighted by Gasteiger charge is 2.22. The van der Waals surface area contributed by atoms with Crippen molar-refractivity contribution in [3.05, 3.63) is 54.1 Å². The van der Waals surface area contributed by atoms with Crippen molar-refractivity contribution in [3.8, 4) is 5.75 Å². The van der Waals surface area contributed by atoms with Gasteiger partial charge in [-0.15, -0.1) is 0 Å². The average Bonchev–Trinajstić information content (AvgIpc) is 3.26. The van der Waals surface area contributed by atoms with E-state index < -0.39 is 0 Å². The van der Waals surface area contributed by atoms with Crippen LogP contribution in [0.15, 0.2) is 48.5 Å². The van der Waals surface area contributed by atoms with Gasteiger partial charge in [-0.1, -0.05) is 12.1 Å². The number of aromatic amines is 1. The van der Waals surface area contributed by atoms with E-state index in [1.54, 1.807) is 7.11 Å². The fourth-order valence-corrected chi connectivity index (χ4v) is 3.86. The van der Waals surface area contributed by atoms with Crippen molar-refractivity contribution < 1.29 is 9.47 Å². The number of H-pyrrole nitrogens is 1. The normalized spacial score (nSPS) is 13.8. The second-order valence-corrected chi connectivity index (χ2v) is 7.98. The zero-order valence-electron chi connectivity index (χ0n) is 19.0. The maximum absolute atomic E-state index is 5.55. The lowest BCUT2D eigenvalue weighted by molar-refractivity contribution is 0.122. The van der Waals surface area contributed by atoms with E-state index in [1.807, 2.05) is 48.3 Å². The third kappa shape index (κ3) is 4.40. The fraction of sp³-hybridized carbons (Fsp3) is 0.292. The van der Waals surface area contributed by atoms with Gasteiger partial charge in [-0.05, 0) is 48.9 Å². The molecular formula is C24H27N7O2. The number of aryl methyl sites for hydroxylation is 1. The molecule has 1 saturated heterocycles. The number of nitrogens with zero attached hydrogens (tertiary/aromatic N) is 5. The minimum atomic E-state index is 0.583. The van der Waals surface area contributed by atoms with Crippen molar-refractivity contribution in [1.29, 1.82) is 0 Å². The summed E-state index contributed by atoms with van der Waals surface area (Å²) in [7, 11) is 3.61. The average molecular weight is 446 g/mol. The topological polar surface area (TPSA) is 91.4 Å². The lowest BCUT2D eigenvalue weighted by Crippen LogP contribution is -2.37. The predicted octanol–water partition coefficient (Wildman–Crippen LogP) is 4.02. The molecule has 9 heteroatoms. The number of morpholine rings is 1. The van der Waals surface area contributed by atoms with Crippen LogP contribution in [0.2, 0.25) is 0 Å². The number of hydrogen-bond donors (Lipinski definition) is 2. The molecule has 3 heterocycles.